The van der Waals surface area contributed by atoms with Gasteiger partial charge in [-0.1, -0.05) is 28.1 Å². The van der Waals surface area contributed by atoms with E-state index in [2.05, 4.69) is 26.6 Å². The fraction of sp³-hybridized carbons (Fsp3) is 0.333. The summed E-state index contributed by atoms with van der Waals surface area (Å²) in [7, 11) is -3.78. The largest absolute Gasteiger partial charge is 0.466 e. The van der Waals surface area contributed by atoms with E-state index < -0.39 is 45.6 Å². The van der Waals surface area contributed by atoms with Crippen LogP contribution in [0.15, 0.2) is 62.8 Å². The number of sulfone groups is 1. The Hall–Kier alpha value is -2.04. The summed E-state index contributed by atoms with van der Waals surface area (Å²) in [6.45, 7) is 1.83. The minimum Gasteiger partial charge on any atom is -0.466 e. The highest BCUT2D eigenvalue weighted by Crippen LogP contribution is 2.32. The molecule has 2 N–H and O–H groups in total. The molecule has 1 aliphatic rings. The normalized spacial score (nSPS) is 21.1. The van der Waals surface area contributed by atoms with Crippen molar-refractivity contribution in [3.8, 4) is 0 Å². The molecule has 31 heavy (non-hydrogen) atoms. The molecule has 2 amide bonds. The summed E-state index contributed by atoms with van der Waals surface area (Å²) in [5.74, 6) is -1.91. The van der Waals surface area contributed by atoms with Crippen LogP contribution in [0.1, 0.15) is 18.5 Å². The second-order valence-electron chi connectivity index (χ2n) is 6.99. The molecule has 0 radical (unpaired) electrons. The van der Waals surface area contributed by atoms with Gasteiger partial charge >= 0.3 is 12.0 Å². The Morgan fingerprint density at radius 2 is 1.87 bits per heavy atom. The smallest absolute Gasteiger partial charge is 0.315 e. The molecule has 0 spiro atoms. The third-order valence-corrected chi connectivity index (χ3v) is 8.02. The topological polar surface area (TPSA) is 102 Å². The van der Waals surface area contributed by atoms with Crippen LogP contribution < -0.4 is 10.6 Å². The zero-order valence-corrected chi connectivity index (χ0v) is 20.2. The number of halogens is 1. The number of ether oxygens (including phenoxy) is 1. The van der Waals surface area contributed by atoms with Gasteiger partial charge in [-0.3, -0.25) is 4.79 Å². The first-order valence-electron chi connectivity index (χ1n) is 9.61. The number of hydrogen-bond donors (Lipinski definition) is 2. The van der Waals surface area contributed by atoms with Crippen LogP contribution in [0.4, 0.5) is 4.79 Å². The van der Waals surface area contributed by atoms with Crippen molar-refractivity contribution in [2.24, 2.45) is 5.92 Å². The molecule has 166 valence electrons. The van der Waals surface area contributed by atoms with Gasteiger partial charge < -0.3 is 15.4 Å². The predicted molar refractivity (Wildman–Crippen MR) is 123 cm³/mol. The minimum absolute atomic E-state index is 0.118. The van der Waals surface area contributed by atoms with E-state index in [1.54, 1.807) is 19.1 Å². The fourth-order valence-electron chi connectivity index (χ4n) is 3.55. The molecule has 10 heteroatoms. The molecular weight excluding hydrogens is 504 g/mol. The molecule has 2 aromatic rings. The van der Waals surface area contributed by atoms with Crippen LogP contribution in [-0.4, -0.2) is 45.1 Å². The van der Waals surface area contributed by atoms with E-state index in [9.17, 15) is 18.0 Å². The lowest BCUT2D eigenvalue weighted by Gasteiger charge is -2.38. The molecule has 0 aromatic heterocycles. The number of carbonyl (C=O) groups is 2. The van der Waals surface area contributed by atoms with E-state index in [-0.39, 0.29) is 11.5 Å². The van der Waals surface area contributed by atoms with E-state index in [1.165, 1.54) is 23.9 Å². The summed E-state index contributed by atoms with van der Waals surface area (Å²) >= 11 is 4.82. The quantitative estimate of drug-likeness (QED) is 0.422. The molecule has 3 rings (SSSR count). The first-order valence-corrected chi connectivity index (χ1v) is 13.3. The number of amides is 2. The van der Waals surface area contributed by atoms with Crippen molar-refractivity contribution in [3.63, 3.8) is 0 Å². The van der Waals surface area contributed by atoms with Gasteiger partial charge in [0.25, 0.3) is 0 Å². The van der Waals surface area contributed by atoms with E-state index in [0.717, 1.165) is 9.37 Å². The first kappa shape index (κ1) is 23.6. The maximum Gasteiger partial charge on any atom is 0.315 e. The van der Waals surface area contributed by atoms with Crippen LogP contribution in [0.25, 0.3) is 0 Å². The van der Waals surface area contributed by atoms with E-state index in [1.807, 2.05) is 30.5 Å². The maximum absolute atomic E-state index is 13.0. The van der Waals surface area contributed by atoms with Crippen molar-refractivity contribution in [3.05, 3.63) is 58.6 Å². The van der Waals surface area contributed by atoms with Crippen molar-refractivity contribution in [2.75, 3.05) is 18.6 Å². The van der Waals surface area contributed by atoms with Gasteiger partial charge in [0.05, 0.1) is 29.3 Å². The van der Waals surface area contributed by atoms with Crippen LogP contribution in [-0.2, 0) is 19.4 Å². The molecule has 1 fully saturated rings. The Balaban J connectivity index is 1.99. The zero-order valence-electron chi connectivity index (χ0n) is 17.0. The summed E-state index contributed by atoms with van der Waals surface area (Å²) in [6.07, 6.45) is 1.93. The van der Waals surface area contributed by atoms with E-state index in [4.69, 9.17) is 4.74 Å². The van der Waals surface area contributed by atoms with Crippen LogP contribution in [0.3, 0.4) is 0 Å². The Kier molecular flexibility index (Phi) is 7.66. The summed E-state index contributed by atoms with van der Waals surface area (Å²) < 4.78 is 32.1. The molecule has 1 saturated heterocycles. The summed E-state index contributed by atoms with van der Waals surface area (Å²) in [5.41, 5.74) is 0.714. The molecular formula is C21H23BrN2O5S2. The van der Waals surface area contributed by atoms with Gasteiger partial charge in [-0.2, -0.15) is 0 Å². The Morgan fingerprint density at radius 1 is 1.16 bits per heavy atom. The fourth-order valence-corrected chi connectivity index (χ4v) is 5.79. The zero-order chi connectivity index (χ0) is 22.6. The van der Waals surface area contributed by atoms with Gasteiger partial charge in [-0.25, -0.2) is 13.2 Å². The second-order valence-corrected chi connectivity index (χ2v) is 10.8. The van der Waals surface area contributed by atoms with Gasteiger partial charge in [-0.15, -0.1) is 11.8 Å². The van der Waals surface area contributed by atoms with Gasteiger partial charge in [0, 0.05) is 9.37 Å². The van der Waals surface area contributed by atoms with Crippen molar-refractivity contribution >= 4 is 49.5 Å². The molecule has 7 nitrogen and oxygen atoms in total. The first-order chi connectivity index (χ1) is 14.7. The number of hydrogen-bond acceptors (Lipinski definition) is 6. The minimum atomic E-state index is -3.78. The monoisotopic (exact) mass is 526 g/mol. The lowest BCUT2D eigenvalue weighted by Crippen LogP contribution is -2.60. The lowest BCUT2D eigenvalue weighted by molar-refractivity contribution is -0.150. The highest BCUT2D eigenvalue weighted by molar-refractivity contribution is 9.10. The maximum atomic E-state index is 13.0. The van der Waals surface area contributed by atoms with Gasteiger partial charge in [-0.05, 0) is 55.1 Å². The SMILES string of the molecule is CCOC(=O)C1C(CS(=O)(=O)c2ccc(Br)cc2)NC(=O)NC1c1cccc(SC)c1. The highest BCUT2D eigenvalue weighted by atomic mass is 79.9. The molecule has 1 aliphatic heterocycles. The number of nitrogens with one attached hydrogen (secondary N) is 2. The molecule has 3 unspecified atom stereocenters. The predicted octanol–water partition coefficient (Wildman–Crippen LogP) is 3.55. The lowest BCUT2D eigenvalue weighted by atomic mass is 9.86. The average molecular weight is 527 g/mol. The second kappa shape index (κ2) is 10.1. The third kappa shape index (κ3) is 5.61. The number of urea groups is 1. The Bertz CT molecular complexity index is 1060. The van der Waals surface area contributed by atoms with Crippen LogP contribution in [0.2, 0.25) is 0 Å². The average Bonchev–Trinajstić information content (AvgIpc) is 2.73. The van der Waals surface area contributed by atoms with E-state index in [0.29, 0.717) is 5.56 Å². The highest BCUT2D eigenvalue weighted by Gasteiger charge is 2.45. The number of thioether (sulfide) groups is 1. The molecule has 3 atom stereocenters. The van der Waals surface area contributed by atoms with Crippen molar-refractivity contribution in [1.82, 2.24) is 10.6 Å². The molecule has 0 bridgehead atoms. The van der Waals surface area contributed by atoms with Crippen molar-refractivity contribution in [1.29, 1.82) is 0 Å². The number of esters is 1. The number of carbonyl (C=O) groups excluding carboxylic acids is 2. The Labute approximate surface area is 194 Å². The molecule has 0 aliphatic carbocycles. The van der Waals surface area contributed by atoms with Crippen molar-refractivity contribution < 1.29 is 22.7 Å². The van der Waals surface area contributed by atoms with Crippen LogP contribution in [0, 0.1) is 5.92 Å². The van der Waals surface area contributed by atoms with Crippen LogP contribution >= 0.6 is 27.7 Å². The number of rotatable bonds is 7. The summed E-state index contributed by atoms with van der Waals surface area (Å²) in [4.78, 5) is 26.4. The van der Waals surface area contributed by atoms with E-state index >= 15 is 0 Å². The van der Waals surface area contributed by atoms with Crippen LogP contribution in [0.5, 0.6) is 0 Å². The molecule has 1 heterocycles. The van der Waals surface area contributed by atoms with Crippen molar-refractivity contribution in [2.45, 2.75) is 28.8 Å². The Morgan fingerprint density at radius 3 is 2.52 bits per heavy atom. The van der Waals surface area contributed by atoms with Gasteiger partial charge in [0.1, 0.15) is 5.92 Å². The number of benzene rings is 2. The molecule has 0 saturated carbocycles. The third-order valence-electron chi connectivity index (χ3n) is 4.98. The molecule has 2 aromatic carbocycles. The van der Waals surface area contributed by atoms with Gasteiger partial charge in [0.15, 0.2) is 9.84 Å². The summed E-state index contributed by atoms with van der Waals surface area (Å²) in [5, 5.41) is 5.40. The van der Waals surface area contributed by atoms with Gasteiger partial charge in [0.2, 0.25) is 0 Å². The standard InChI is InChI=1S/C21H23BrN2O5S2/c1-3-29-20(25)18-17(12-31(27,28)16-9-7-14(22)8-10-16)23-21(26)24-19(18)13-5-4-6-15(11-13)30-2/h4-11,17-19H,3,12H2,1-2H3,(H2,23,24,26). The summed E-state index contributed by atoms with van der Waals surface area (Å²) in [6, 6.07) is 11.5.